The van der Waals surface area contributed by atoms with Gasteiger partial charge in [-0.15, -0.1) is 0 Å². The van der Waals surface area contributed by atoms with E-state index in [9.17, 15) is 24.1 Å². The number of hydrogen-bond donors (Lipinski definition) is 3. The molecule has 5 heterocycles. The van der Waals surface area contributed by atoms with Crippen LogP contribution in [-0.2, 0) is 11.2 Å². The van der Waals surface area contributed by atoms with Crippen molar-refractivity contribution in [2.75, 3.05) is 50.9 Å². The first-order valence-corrected chi connectivity index (χ1v) is 16.2. The summed E-state index contributed by atoms with van der Waals surface area (Å²) in [6, 6.07) is 5.57. The Morgan fingerprint density at radius 3 is 2.81 bits per heavy atom. The van der Waals surface area contributed by atoms with Crippen LogP contribution in [0.3, 0.4) is 0 Å². The molecular weight excluding hydrogens is 627 g/mol. The number of anilines is 1. The van der Waals surface area contributed by atoms with Crippen LogP contribution in [0.2, 0.25) is 0 Å². The molecule has 2 aromatic carbocycles. The third kappa shape index (κ3) is 5.72. The number of β-amino-alcohol motifs (C(OH)–C–C–N with tert-alkyl or cyclic N) is 1. The first kappa shape index (κ1) is 32.5. The molecule has 3 aliphatic heterocycles. The number of aromatic hydroxyl groups is 1. The number of fused-ring (bicyclic) bond motifs is 3. The number of aliphatic hydroxyl groups excluding tert-OH is 1. The Morgan fingerprint density at radius 1 is 1.21 bits per heavy atom. The molecule has 10 nitrogen and oxygen atoms in total. The van der Waals surface area contributed by atoms with Crippen molar-refractivity contribution in [3.05, 3.63) is 59.6 Å². The minimum atomic E-state index is -1.34. The molecule has 3 aliphatic rings. The van der Waals surface area contributed by atoms with E-state index < -0.39 is 28.9 Å². The molecule has 1 unspecified atom stereocenters. The highest BCUT2D eigenvalue weighted by molar-refractivity contribution is 6.01. The van der Waals surface area contributed by atoms with Crippen LogP contribution in [-0.4, -0.2) is 98.4 Å². The van der Waals surface area contributed by atoms with E-state index in [1.165, 1.54) is 30.5 Å². The van der Waals surface area contributed by atoms with E-state index in [1.54, 1.807) is 18.7 Å². The molecule has 2 aromatic heterocycles. The van der Waals surface area contributed by atoms with E-state index in [2.05, 4.69) is 14.9 Å². The van der Waals surface area contributed by atoms with Crippen molar-refractivity contribution in [3.63, 3.8) is 0 Å². The molecule has 0 bridgehead atoms. The summed E-state index contributed by atoms with van der Waals surface area (Å²) in [6.45, 7) is 4.65. The zero-order valence-corrected chi connectivity index (χ0v) is 26.8. The number of halogens is 3. The van der Waals surface area contributed by atoms with Crippen molar-refractivity contribution in [2.24, 2.45) is 0 Å². The third-order valence-corrected chi connectivity index (χ3v) is 9.81. The summed E-state index contributed by atoms with van der Waals surface area (Å²) < 4.78 is 57.4. The fourth-order valence-corrected chi connectivity index (χ4v) is 7.59. The molecule has 0 saturated carbocycles. The predicted molar refractivity (Wildman–Crippen MR) is 174 cm³/mol. The fraction of sp³-hybridized carbons (Fsp3) is 0.457. The molecule has 3 N–H and O–H groups in total. The van der Waals surface area contributed by atoms with Crippen LogP contribution in [0.4, 0.5) is 19.0 Å². The maximum absolute atomic E-state index is 16.9. The van der Waals surface area contributed by atoms with E-state index in [-0.39, 0.29) is 72.6 Å². The lowest BCUT2D eigenvalue weighted by Gasteiger charge is -2.31. The monoisotopic (exact) mass is 665 g/mol. The number of phenols is 1. The van der Waals surface area contributed by atoms with Crippen LogP contribution in [0.5, 0.6) is 11.8 Å². The normalized spacial score (nSPS) is 25.7. The highest BCUT2D eigenvalue weighted by atomic mass is 19.1. The van der Waals surface area contributed by atoms with Gasteiger partial charge in [0.1, 0.15) is 40.8 Å². The molecule has 3 saturated heterocycles. The van der Waals surface area contributed by atoms with Gasteiger partial charge >= 0.3 is 6.01 Å². The van der Waals surface area contributed by atoms with E-state index >= 15 is 4.39 Å². The van der Waals surface area contributed by atoms with Crippen molar-refractivity contribution >= 4 is 27.5 Å². The summed E-state index contributed by atoms with van der Waals surface area (Å²) in [7, 11) is 0. The minimum Gasteiger partial charge on any atom is -0.508 e. The largest absolute Gasteiger partial charge is 0.508 e. The van der Waals surface area contributed by atoms with Gasteiger partial charge < -0.3 is 29.7 Å². The number of aromatic nitrogens is 3. The molecule has 0 aliphatic carbocycles. The lowest BCUT2D eigenvalue weighted by Crippen LogP contribution is -2.44. The van der Waals surface area contributed by atoms with Crippen LogP contribution in [0.1, 0.15) is 38.7 Å². The van der Waals surface area contributed by atoms with Crippen LogP contribution in [0.25, 0.3) is 32.9 Å². The van der Waals surface area contributed by atoms with E-state index in [0.29, 0.717) is 47.6 Å². The molecule has 7 rings (SSSR count). The van der Waals surface area contributed by atoms with Crippen LogP contribution in [0, 0.1) is 11.6 Å². The van der Waals surface area contributed by atoms with Gasteiger partial charge in [0.15, 0.2) is 5.82 Å². The van der Waals surface area contributed by atoms with Crippen molar-refractivity contribution in [1.29, 1.82) is 0 Å². The van der Waals surface area contributed by atoms with Gasteiger partial charge in [0, 0.05) is 24.8 Å². The molecule has 4 aromatic rings. The standard InChI is InChI=1S/C35H38F3N5O5/c1-3-24-27(37)6-5-21-9-22(45)10-25(28(21)24)30-29(38)31-26(13-39-30)32(42-15-23(16-44)47-18-34(2,46)17-42)41-33(40-31)48-19-35-7-4-8-43(35)14-20(11-35)12-36/h5-6,9-10,12-13,23,44-46H,3-4,7-8,11,14-19H2,1-2H3/b20-12-/t23-,34+,35?/m1/s1. The summed E-state index contributed by atoms with van der Waals surface area (Å²) in [4.78, 5) is 17.6. The van der Waals surface area contributed by atoms with Gasteiger partial charge in [0.2, 0.25) is 0 Å². The molecule has 254 valence electrons. The Balaban J connectivity index is 1.39. The number of ether oxygens (including phenoxy) is 2. The summed E-state index contributed by atoms with van der Waals surface area (Å²) in [5.41, 5.74) is -0.814. The number of hydrogen-bond acceptors (Lipinski definition) is 10. The topological polar surface area (TPSA) is 124 Å². The van der Waals surface area contributed by atoms with Crippen LogP contribution in [0.15, 0.2) is 42.4 Å². The quantitative estimate of drug-likeness (QED) is 0.254. The SMILES string of the molecule is CCc1c(F)ccc2cc(O)cc(-c3ncc4c(N5C[C@H](CO)OC[C@@](C)(O)C5)nc(OCC56CCCN5C/C(=C\F)C6)nc4c3F)c12. The Morgan fingerprint density at radius 2 is 2.04 bits per heavy atom. The second-order valence-electron chi connectivity index (χ2n) is 13.5. The average Bonchev–Trinajstić information content (AvgIpc) is 3.57. The predicted octanol–water partition coefficient (Wildman–Crippen LogP) is 4.81. The van der Waals surface area contributed by atoms with Crippen molar-refractivity contribution in [3.8, 4) is 23.0 Å². The maximum atomic E-state index is 16.9. The first-order valence-electron chi connectivity index (χ1n) is 16.2. The molecule has 0 spiro atoms. The molecule has 13 heteroatoms. The second kappa shape index (κ2) is 12.4. The van der Waals surface area contributed by atoms with Gasteiger partial charge in [-0.05, 0) is 79.3 Å². The molecular formula is C35H38F3N5O5. The summed E-state index contributed by atoms with van der Waals surface area (Å²) in [5.74, 6) is -1.21. The molecule has 48 heavy (non-hydrogen) atoms. The van der Waals surface area contributed by atoms with Crippen LogP contribution >= 0.6 is 0 Å². The number of phenolic OH excluding ortho intramolecular Hbond substituents is 1. The highest BCUT2D eigenvalue weighted by Crippen LogP contribution is 2.43. The number of aryl methyl sites for hydroxylation is 1. The minimum absolute atomic E-state index is 0.0388. The number of benzene rings is 2. The van der Waals surface area contributed by atoms with E-state index in [4.69, 9.17) is 14.5 Å². The van der Waals surface area contributed by atoms with E-state index in [0.717, 1.165) is 19.4 Å². The van der Waals surface area contributed by atoms with Gasteiger partial charge in [-0.3, -0.25) is 9.88 Å². The summed E-state index contributed by atoms with van der Waals surface area (Å²) in [6.07, 6.45) is 3.94. The zero-order valence-electron chi connectivity index (χ0n) is 26.8. The lowest BCUT2D eigenvalue weighted by molar-refractivity contribution is -0.0528. The van der Waals surface area contributed by atoms with Gasteiger partial charge in [-0.25, -0.2) is 13.2 Å². The van der Waals surface area contributed by atoms with Gasteiger partial charge in [-0.1, -0.05) is 13.0 Å². The number of pyridine rings is 1. The third-order valence-electron chi connectivity index (χ3n) is 9.81. The Labute approximate surface area is 275 Å². The Kier molecular flexibility index (Phi) is 8.43. The first-order chi connectivity index (χ1) is 23.0. The molecule has 3 atom stereocenters. The van der Waals surface area contributed by atoms with E-state index in [1.807, 2.05) is 0 Å². The summed E-state index contributed by atoms with van der Waals surface area (Å²) in [5, 5.41) is 32.8. The number of aliphatic hydroxyl groups is 2. The van der Waals surface area contributed by atoms with Crippen molar-refractivity contribution < 1.29 is 38.0 Å². The van der Waals surface area contributed by atoms with Crippen molar-refractivity contribution in [1.82, 2.24) is 19.9 Å². The zero-order chi connectivity index (χ0) is 33.8. The van der Waals surface area contributed by atoms with Gasteiger partial charge in [-0.2, -0.15) is 9.97 Å². The second-order valence-corrected chi connectivity index (χ2v) is 13.5. The summed E-state index contributed by atoms with van der Waals surface area (Å²) >= 11 is 0. The molecule has 0 radical (unpaired) electrons. The number of rotatable bonds is 7. The number of nitrogens with zero attached hydrogens (tertiary/aromatic N) is 5. The lowest BCUT2D eigenvalue weighted by atomic mass is 9.94. The Hall–Kier alpha value is -4.04. The average molecular weight is 666 g/mol. The maximum Gasteiger partial charge on any atom is 0.319 e. The van der Waals surface area contributed by atoms with Gasteiger partial charge in [0.05, 0.1) is 43.1 Å². The molecule has 0 amide bonds. The smallest absolute Gasteiger partial charge is 0.319 e. The fourth-order valence-electron chi connectivity index (χ4n) is 7.59. The van der Waals surface area contributed by atoms with Gasteiger partial charge in [0.25, 0.3) is 0 Å². The molecule has 3 fully saturated rings. The van der Waals surface area contributed by atoms with Crippen molar-refractivity contribution in [2.45, 2.75) is 56.8 Å². The Bertz CT molecular complexity index is 1920. The van der Waals surface area contributed by atoms with Crippen LogP contribution < -0.4 is 9.64 Å². The highest BCUT2D eigenvalue weighted by Gasteiger charge is 2.47.